The van der Waals surface area contributed by atoms with Crippen LogP contribution in [-0.2, 0) is 0 Å². The van der Waals surface area contributed by atoms with Crippen LogP contribution in [0.2, 0.25) is 0 Å². The first kappa shape index (κ1) is 14.4. The van der Waals surface area contributed by atoms with Crippen molar-refractivity contribution in [3.05, 3.63) is 36.5 Å². The van der Waals surface area contributed by atoms with E-state index in [-0.39, 0.29) is 0 Å². The summed E-state index contributed by atoms with van der Waals surface area (Å²) in [7, 11) is 0. The van der Waals surface area contributed by atoms with Crippen LogP contribution in [0.25, 0.3) is 0 Å². The maximum Gasteiger partial charge on any atom is -0.0154 e. The largest absolute Gasteiger partial charge is 0.103 e. The Kier molecular flexibility index (Phi) is 7.11. The van der Waals surface area contributed by atoms with Crippen molar-refractivity contribution < 1.29 is 0 Å². The summed E-state index contributed by atoms with van der Waals surface area (Å²) in [5.41, 5.74) is 1.52. The second-order valence-electron chi connectivity index (χ2n) is 5.05. The molecule has 0 aliphatic heterocycles. The quantitative estimate of drug-likeness (QED) is 0.437. The summed E-state index contributed by atoms with van der Waals surface area (Å²) in [5.74, 6) is 1.41. The fourth-order valence-corrected chi connectivity index (χ4v) is 2.78. The molecule has 2 unspecified atom stereocenters. The molecule has 1 heteroatoms. The Morgan fingerprint density at radius 3 is 2.88 bits per heavy atom. The van der Waals surface area contributed by atoms with Crippen LogP contribution in [0.3, 0.4) is 0 Å². The monoisotopic (exact) mass is 248 g/mol. The van der Waals surface area contributed by atoms with Gasteiger partial charge in [0.1, 0.15) is 0 Å². The summed E-state index contributed by atoms with van der Waals surface area (Å²) in [4.78, 5) is 0. The molecule has 0 aromatic carbocycles. The van der Waals surface area contributed by atoms with Crippen molar-refractivity contribution in [3.8, 4) is 0 Å². The molecule has 0 saturated heterocycles. The van der Waals surface area contributed by atoms with Gasteiger partial charge in [0.2, 0.25) is 0 Å². The van der Waals surface area contributed by atoms with Crippen LogP contribution in [0.5, 0.6) is 0 Å². The third-order valence-electron chi connectivity index (χ3n) is 3.38. The van der Waals surface area contributed by atoms with E-state index in [1.807, 2.05) is 11.4 Å². The molecule has 17 heavy (non-hydrogen) atoms. The van der Waals surface area contributed by atoms with E-state index in [0.717, 1.165) is 18.8 Å². The second-order valence-corrected chi connectivity index (χ2v) is 5.39. The highest BCUT2D eigenvalue weighted by Crippen LogP contribution is 2.26. The molecule has 0 spiro atoms. The van der Waals surface area contributed by atoms with Crippen LogP contribution in [0.15, 0.2) is 36.5 Å². The molecule has 2 atom stereocenters. The van der Waals surface area contributed by atoms with Crippen LogP contribution >= 0.6 is 12.2 Å². The van der Waals surface area contributed by atoms with E-state index in [4.69, 9.17) is 12.2 Å². The summed E-state index contributed by atoms with van der Waals surface area (Å²) in [6.45, 7) is 6.08. The molecule has 0 bridgehead atoms. The minimum atomic E-state index is 0.559. The highest BCUT2D eigenvalue weighted by atomic mass is 32.1. The van der Waals surface area contributed by atoms with Crippen LogP contribution in [0.1, 0.15) is 45.4 Å². The van der Waals surface area contributed by atoms with Gasteiger partial charge in [0.25, 0.3) is 0 Å². The standard InChI is InChI=1S/C16H24S/c1-3-7-15(10-11-17)12-14(2)13-16-8-5-4-6-9-16/h3-5,11-12,15-16H,1,6-10,13H2,2H3/b14-12+. The number of rotatable bonds is 7. The van der Waals surface area contributed by atoms with Gasteiger partial charge in [0.15, 0.2) is 0 Å². The third-order valence-corrected chi connectivity index (χ3v) is 3.57. The van der Waals surface area contributed by atoms with Gasteiger partial charge >= 0.3 is 0 Å². The molecule has 0 fully saturated rings. The fourth-order valence-electron chi connectivity index (χ4n) is 2.54. The molecular formula is C16H24S. The maximum atomic E-state index is 4.96. The summed E-state index contributed by atoms with van der Waals surface area (Å²) < 4.78 is 0. The molecule has 0 aromatic rings. The average Bonchev–Trinajstić information content (AvgIpc) is 2.30. The lowest BCUT2D eigenvalue weighted by Gasteiger charge is -2.19. The molecule has 1 rings (SSSR count). The first-order valence-corrected chi connectivity index (χ1v) is 7.10. The molecule has 0 radical (unpaired) electrons. The summed E-state index contributed by atoms with van der Waals surface area (Å²) >= 11 is 4.96. The van der Waals surface area contributed by atoms with Crippen molar-refractivity contribution >= 4 is 17.6 Å². The number of allylic oxidation sites excluding steroid dienone is 5. The van der Waals surface area contributed by atoms with E-state index in [0.29, 0.717) is 5.92 Å². The predicted octanol–water partition coefficient (Wildman–Crippen LogP) is 5.26. The van der Waals surface area contributed by atoms with Crippen LogP contribution < -0.4 is 0 Å². The lowest BCUT2D eigenvalue weighted by atomic mass is 9.87. The normalized spacial score (nSPS) is 22.2. The van der Waals surface area contributed by atoms with E-state index in [1.165, 1.54) is 31.3 Å². The zero-order valence-electron chi connectivity index (χ0n) is 10.9. The number of thiocarbonyl (C=S) groups is 1. The smallest absolute Gasteiger partial charge is 0.0154 e. The Hall–Kier alpha value is -0.690. The third kappa shape index (κ3) is 5.97. The molecule has 1 aliphatic carbocycles. The van der Waals surface area contributed by atoms with Crippen LogP contribution in [0, 0.1) is 11.8 Å². The van der Waals surface area contributed by atoms with Crippen LogP contribution in [0.4, 0.5) is 0 Å². The van der Waals surface area contributed by atoms with Crippen molar-refractivity contribution in [2.75, 3.05) is 0 Å². The number of hydrogen-bond acceptors (Lipinski definition) is 1. The zero-order valence-corrected chi connectivity index (χ0v) is 11.7. The van der Waals surface area contributed by atoms with Gasteiger partial charge in [-0.3, -0.25) is 0 Å². The maximum absolute atomic E-state index is 4.96. The van der Waals surface area contributed by atoms with Crippen LogP contribution in [-0.4, -0.2) is 5.37 Å². The Morgan fingerprint density at radius 1 is 1.47 bits per heavy atom. The lowest BCUT2D eigenvalue weighted by molar-refractivity contribution is 0.473. The number of hydrogen-bond donors (Lipinski definition) is 0. The van der Waals surface area contributed by atoms with Crippen molar-refractivity contribution in [3.63, 3.8) is 0 Å². The van der Waals surface area contributed by atoms with E-state index in [2.05, 4.69) is 31.7 Å². The van der Waals surface area contributed by atoms with Gasteiger partial charge in [-0.15, -0.1) is 6.58 Å². The van der Waals surface area contributed by atoms with Gasteiger partial charge in [0.05, 0.1) is 0 Å². The first-order chi connectivity index (χ1) is 8.26. The fraction of sp³-hybridized carbons (Fsp3) is 0.562. The minimum Gasteiger partial charge on any atom is -0.103 e. The van der Waals surface area contributed by atoms with Gasteiger partial charge in [-0.2, -0.15) is 0 Å². The minimum absolute atomic E-state index is 0.559. The Morgan fingerprint density at radius 2 is 2.29 bits per heavy atom. The highest BCUT2D eigenvalue weighted by molar-refractivity contribution is 7.78. The molecule has 0 N–H and O–H groups in total. The molecule has 0 saturated carbocycles. The van der Waals surface area contributed by atoms with Crippen molar-refractivity contribution in [2.45, 2.75) is 45.4 Å². The molecule has 0 heterocycles. The van der Waals surface area contributed by atoms with E-state index in [9.17, 15) is 0 Å². The highest BCUT2D eigenvalue weighted by Gasteiger charge is 2.11. The first-order valence-electron chi connectivity index (χ1n) is 6.63. The van der Waals surface area contributed by atoms with E-state index >= 15 is 0 Å². The predicted molar refractivity (Wildman–Crippen MR) is 81.4 cm³/mol. The van der Waals surface area contributed by atoms with Gasteiger partial charge in [0, 0.05) is 0 Å². The van der Waals surface area contributed by atoms with Gasteiger partial charge < -0.3 is 0 Å². The van der Waals surface area contributed by atoms with Gasteiger partial charge in [-0.1, -0.05) is 42.1 Å². The zero-order chi connectivity index (χ0) is 12.5. The van der Waals surface area contributed by atoms with Crippen molar-refractivity contribution in [2.24, 2.45) is 11.8 Å². The Bertz CT molecular complexity index is 289. The second kappa shape index (κ2) is 8.41. The summed E-state index contributed by atoms with van der Waals surface area (Å²) in [6.07, 6.45) is 16.2. The average molecular weight is 248 g/mol. The summed E-state index contributed by atoms with van der Waals surface area (Å²) in [6, 6.07) is 0. The summed E-state index contributed by atoms with van der Waals surface area (Å²) in [5, 5.41) is 1.85. The Balaban J connectivity index is 2.46. The topological polar surface area (TPSA) is 0 Å². The molecule has 0 aromatic heterocycles. The molecule has 0 amide bonds. The Labute approximate surface area is 111 Å². The van der Waals surface area contributed by atoms with E-state index in [1.54, 1.807) is 0 Å². The van der Waals surface area contributed by atoms with Crippen molar-refractivity contribution in [1.29, 1.82) is 0 Å². The van der Waals surface area contributed by atoms with Gasteiger partial charge in [-0.05, 0) is 62.7 Å². The van der Waals surface area contributed by atoms with E-state index < -0.39 is 0 Å². The molecule has 0 nitrogen and oxygen atoms in total. The lowest BCUT2D eigenvalue weighted by Crippen LogP contribution is -2.04. The molecule has 94 valence electrons. The molecule has 1 aliphatic rings. The van der Waals surface area contributed by atoms with Crippen molar-refractivity contribution in [1.82, 2.24) is 0 Å². The molecular weight excluding hydrogens is 224 g/mol. The SMILES string of the molecule is C=CCC(/C=C(\C)CC1CC=CCC1)CC=S. The van der Waals surface area contributed by atoms with Gasteiger partial charge in [-0.25, -0.2) is 0 Å².